The zero-order valence-electron chi connectivity index (χ0n) is 8.16. The first kappa shape index (κ1) is 13.1. The smallest absolute Gasteiger partial charge is 0.0297 e. The molecule has 2 rings (SSSR count). The summed E-state index contributed by atoms with van der Waals surface area (Å²) in [4.78, 5) is 0. The molecule has 2 heteroatoms. The third kappa shape index (κ3) is 2.82. The Morgan fingerprint density at radius 1 is 1.21 bits per heavy atom. The first-order valence-electron chi connectivity index (χ1n) is 4.79. The number of nitrogens with two attached hydrogens (primary N) is 2. The predicted octanol–water partition coefficient (Wildman–Crippen LogP) is 2.23. The van der Waals surface area contributed by atoms with E-state index in [-0.39, 0.29) is 7.43 Å². The van der Waals surface area contributed by atoms with E-state index in [0.29, 0.717) is 6.04 Å². The van der Waals surface area contributed by atoms with Crippen molar-refractivity contribution >= 4 is 0 Å². The molecule has 14 heavy (non-hydrogen) atoms. The van der Waals surface area contributed by atoms with Crippen LogP contribution in [0.4, 0.5) is 0 Å². The van der Waals surface area contributed by atoms with Gasteiger partial charge in [0.15, 0.2) is 0 Å². The number of hydrogen-bond acceptors (Lipinski definition) is 2. The molecular weight excluding hydrogens is 172 g/mol. The van der Waals surface area contributed by atoms with E-state index in [0.717, 1.165) is 6.42 Å². The molecule has 1 aliphatic rings. The summed E-state index contributed by atoms with van der Waals surface area (Å²) in [7, 11) is 1.50. The summed E-state index contributed by atoms with van der Waals surface area (Å²) in [5.74, 6) is 0. The molecule has 80 valence electrons. The van der Waals surface area contributed by atoms with E-state index in [2.05, 4.69) is 30.0 Å². The summed E-state index contributed by atoms with van der Waals surface area (Å²) >= 11 is 0. The summed E-state index contributed by atoms with van der Waals surface area (Å²) in [5, 5.41) is 0. The monoisotopic (exact) mass is 194 g/mol. The van der Waals surface area contributed by atoms with Gasteiger partial charge < -0.3 is 11.5 Å². The molecule has 0 aliphatic heterocycles. The van der Waals surface area contributed by atoms with Crippen LogP contribution in [-0.4, -0.2) is 7.05 Å². The van der Waals surface area contributed by atoms with Crippen molar-refractivity contribution in [1.82, 2.24) is 0 Å². The lowest BCUT2D eigenvalue weighted by Gasteiger charge is -2.21. The lowest BCUT2D eigenvalue weighted by molar-refractivity contribution is 0.570. The minimum Gasteiger partial charge on any atom is -0.333 e. The molecule has 0 saturated carbocycles. The molecule has 1 unspecified atom stereocenters. The predicted molar refractivity (Wildman–Crippen MR) is 63.2 cm³/mol. The van der Waals surface area contributed by atoms with Gasteiger partial charge in [0.25, 0.3) is 0 Å². The summed E-state index contributed by atoms with van der Waals surface area (Å²) in [6.45, 7) is 0. The van der Waals surface area contributed by atoms with Gasteiger partial charge in [-0.2, -0.15) is 0 Å². The fourth-order valence-electron chi connectivity index (χ4n) is 1.79. The van der Waals surface area contributed by atoms with Crippen LogP contribution in [-0.2, 0) is 6.42 Å². The largest absolute Gasteiger partial charge is 0.333 e. The molecule has 0 aromatic heterocycles. The van der Waals surface area contributed by atoms with E-state index in [4.69, 9.17) is 5.73 Å². The van der Waals surface area contributed by atoms with Gasteiger partial charge in [0.05, 0.1) is 0 Å². The topological polar surface area (TPSA) is 52.0 Å². The molecule has 1 aromatic carbocycles. The van der Waals surface area contributed by atoms with Crippen molar-refractivity contribution < 1.29 is 0 Å². The fraction of sp³-hybridized carbons (Fsp3) is 0.500. The minimum absolute atomic E-state index is 0. The maximum atomic E-state index is 5.95. The highest BCUT2D eigenvalue weighted by Gasteiger charge is 2.14. The van der Waals surface area contributed by atoms with Crippen molar-refractivity contribution in [2.24, 2.45) is 11.5 Å². The van der Waals surface area contributed by atoms with Gasteiger partial charge in [0.1, 0.15) is 0 Å². The van der Waals surface area contributed by atoms with Crippen LogP contribution in [0.5, 0.6) is 0 Å². The van der Waals surface area contributed by atoms with Crippen molar-refractivity contribution in [2.45, 2.75) is 32.7 Å². The number of hydrogen-bond donors (Lipinski definition) is 2. The minimum atomic E-state index is 0. The molecular formula is C12H22N2. The third-order valence-electron chi connectivity index (χ3n) is 2.42. The Morgan fingerprint density at radius 2 is 1.86 bits per heavy atom. The molecule has 2 nitrogen and oxygen atoms in total. The molecule has 1 atom stereocenters. The van der Waals surface area contributed by atoms with Gasteiger partial charge >= 0.3 is 0 Å². The summed E-state index contributed by atoms with van der Waals surface area (Å²) in [6.07, 6.45) is 3.61. The Bertz CT molecular complexity index is 258. The number of benzene rings is 1. The summed E-state index contributed by atoms with van der Waals surface area (Å²) < 4.78 is 0. The SMILES string of the molecule is C.CN.NC1CCCc2ccccc21. The van der Waals surface area contributed by atoms with Gasteiger partial charge in [-0.3, -0.25) is 0 Å². The standard InChI is InChI=1S/C10H13N.CH5N.CH4/c11-10-7-3-5-8-4-1-2-6-9(8)10;1-2;/h1-2,4,6,10H,3,5,7,11H2;2H2,1H3;1H4. The third-order valence-corrected chi connectivity index (χ3v) is 2.42. The number of aryl methyl sites for hydroxylation is 1. The highest BCUT2D eigenvalue weighted by atomic mass is 14.6. The molecule has 0 bridgehead atoms. The maximum absolute atomic E-state index is 5.95. The van der Waals surface area contributed by atoms with E-state index in [1.807, 2.05) is 0 Å². The second kappa shape index (κ2) is 6.57. The van der Waals surface area contributed by atoms with Gasteiger partial charge in [-0.05, 0) is 37.4 Å². The Morgan fingerprint density at radius 3 is 2.50 bits per heavy atom. The average Bonchev–Trinajstić information content (AvgIpc) is 2.22. The van der Waals surface area contributed by atoms with Crippen molar-refractivity contribution in [1.29, 1.82) is 0 Å². The normalized spacial score (nSPS) is 18.4. The van der Waals surface area contributed by atoms with Crippen LogP contribution < -0.4 is 11.5 Å². The second-order valence-electron chi connectivity index (χ2n) is 3.20. The van der Waals surface area contributed by atoms with Gasteiger partial charge in [-0.25, -0.2) is 0 Å². The van der Waals surface area contributed by atoms with Crippen LogP contribution in [0.25, 0.3) is 0 Å². The Kier molecular flexibility index (Phi) is 6.17. The Balaban J connectivity index is 0.000000531. The Labute approximate surface area is 87.3 Å². The Hall–Kier alpha value is -0.860. The molecule has 4 N–H and O–H groups in total. The number of fused-ring (bicyclic) bond motifs is 1. The molecule has 1 aromatic rings. The molecule has 0 amide bonds. The van der Waals surface area contributed by atoms with Crippen LogP contribution in [0, 0.1) is 0 Å². The molecule has 0 radical (unpaired) electrons. The summed E-state index contributed by atoms with van der Waals surface area (Å²) in [6, 6.07) is 8.80. The van der Waals surface area contributed by atoms with Gasteiger partial charge in [0, 0.05) is 6.04 Å². The zero-order valence-corrected chi connectivity index (χ0v) is 8.16. The first-order chi connectivity index (χ1) is 6.38. The molecule has 0 fully saturated rings. The fourth-order valence-corrected chi connectivity index (χ4v) is 1.79. The lowest BCUT2D eigenvalue weighted by atomic mass is 9.88. The van der Waals surface area contributed by atoms with Crippen molar-refractivity contribution in [3.63, 3.8) is 0 Å². The van der Waals surface area contributed by atoms with E-state index < -0.39 is 0 Å². The van der Waals surface area contributed by atoms with Crippen LogP contribution in [0.3, 0.4) is 0 Å². The van der Waals surface area contributed by atoms with E-state index >= 15 is 0 Å². The van der Waals surface area contributed by atoms with Gasteiger partial charge in [-0.1, -0.05) is 31.7 Å². The molecule has 0 heterocycles. The highest BCUT2D eigenvalue weighted by molar-refractivity contribution is 5.31. The molecule has 1 aliphatic carbocycles. The second-order valence-corrected chi connectivity index (χ2v) is 3.20. The van der Waals surface area contributed by atoms with Crippen molar-refractivity contribution in [3.05, 3.63) is 35.4 Å². The molecule has 0 saturated heterocycles. The number of rotatable bonds is 0. The van der Waals surface area contributed by atoms with Crippen LogP contribution in [0.15, 0.2) is 24.3 Å². The highest BCUT2D eigenvalue weighted by Crippen LogP contribution is 2.26. The van der Waals surface area contributed by atoms with E-state index in [1.165, 1.54) is 31.0 Å². The molecule has 0 spiro atoms. The lowest BCUT2D eigenvalue weighted by Crippen LogP contribution is -2.16. The van der Waals surface area contributed by atoms with Crippen LogP contribution in [0.2, 0.25) is 0 Å². The van der Waals surface area contributed by atoms with E-state index in [1.54, 1.807) is 0 Å². The van der Waals surface area contributed by atoms with Crippen molar-refractivity contribution in [2.75, 3.05) is 7.05 Å². The van der Waals surface area contributed by atoms with Gasteiger partial charge in [0.2, 0.25) is 0 Å². The average molecular weight is 194 g/mol. The zero-order chi connectivity index (χ0) is 9.68. The maximum Gasteiger partial charge on any atom is 0.0297 e. The van der Waals surface area contributed by atoms with Gasteiger partial charge in [-0.15, -0.1) is 0 Å². The summed E-state index contributed by atoms with van der Waals surface area (Å²) in [5.41, 5.74) is 13.3. The van der Waals surface area contributed by atoms with E-state index in [9.17, 15) is 0 Å². The van der Waals surface area contributed by atoms with Crippen molar-refractivity contribution in [3.8, 4) is 0 Å². The van der Waals surface area contributed by atoms with Crippen LogP contribution >= 0.6 is 0 Å². The quantitative estimate of drug-likeness (QED) is 0.665. The van der Waals surface area contributed by atoms with Crippen LogP contribution in [0.1, 0.15) is 37.4 Å². The first-order valence-corrected chi connectivity index (χ1v) is 4.79.